The Morgan fingerprint density at radius 3 is 2.33 bits per heavy atom. The van der Waals surface area contributed by atoms with Crippen LogP contribution in [0.1, 0.15) is 20.1 Å². The van der Waals surface area contributed by atoms with Crippen LogP contribution in [0.3, 0.4) is 0 Å². The lowest BCUT2D eigenvalue weighted by Gasteiger charge is -2.18. The summed E-state index contributed by atoms with van der Waals surface area (Å²) in [5, 5.41) is 8.67. The molecule has 7 nitrogen and oxygen atoms in total. The normalized spacial score (nSPS) is 9.62. The monoisotopic (exact) mass is 309 g/mol. The number of amides is 3. The van der Waals surface area contributed by atoms with E-state index < -0.39 is 30.8 Å². The molecule has 3 amide bonds. The van der Waals surface area contributed by atoms with E-state index in [2.05, 4.69) is 11.8 Å². The first-order chi connectivity index (χ1) is 9.85. The molecule has 0 aliphatic carbocycles. The van der Waals surface area contributed by atoms with Gasteiger partial charge in [-0.15, -0.1) is 11.3 Å². The summed E-state index contributed by atoms with van der Waals surface area (Å²) in [6.45, 7) is 0.698. The molecule has 1 aromatic heterocycles. The van der Waals surface area contributed by atoms with Crippen molar-refractivity contribution >= 4 is 29.1 Å². The number of hydrogen-bond donors (Lipinski definition) is 3. The lowest BCUT2D eigenvalue weighted by Crippen LogP contribution is -2.43. The number of carbonyl (C=O) groups is 3. The molecule has 0 saturated carbocycles. The van der Waals surface area contributed by atoms with E-state index in [4.69, 9.17) is 16.6 Å². The SMILES string of the molecule is Cc1cc(C(=O)N(CC(N)=O)CC(N)=O)sc1C#CCO. The lowest BCUT2D eigenvalue weighted by molar-refractivity contribution is -0.121. The van der Waals surface area contributed by atoms with E-state index in [1.807, 2.05) is 0 Å². The molecule has 0 saturated heterocycles. The van der Waals surface area contributed by atoms with Crippen molar-refractivity contribution in [2.24, 2.45) is 11.5 Å². The zero-order valence-electron chi connectivity index (χ0n) is 11.4. The summed E-state index contributed by atoms with van der Waals surface area (Å²) in [5.74, 6) is 3.23. The third-order valence-corrected chi connectivity index (χ3v) is 3.53. The summed E-state index contributed by atoms with van der Waals surface area (Å²) in [6, 6.07) is 1.60. The molecule has 0 atom stereocenters. The molecular weight excluding hydrogens is 294 g/mol. The number of aliphatic hydroxyl groups is 1. The zero-order valence-corrected chi connectivity index (χ0v) is 12.2. The molecule has 0 fully saturated rings. The maximum Gasteiger partial charge on any atom is 0.264 e. The van der Waals surface area contributed by atoms with E-state index in [1.165, 1.54) is 0 Å². The van der Waals surface area contributed by atoms with Crippen LogP contribution < -0.4 is 11.5 Å². The Kier molecular flexibility index (Phi) is 5.90. The van der Waals surface area contributed by atoms with Crippen molar-refractivity contribution in [3.63, 3.8) is 0 Å². The van der Waals surface area contributed by atoms with Gasteiger partial charge in [0.05, 0.1) is 9.75 Å². The molecule has 21 heavy (non-hydrogen) atoms. The number of aliphatic hydroxyl groups excluding tert-OH is 1. The summed E-state index contributed by atoms with van der Waals surface area (Å²) >= 11 is 1.11. The molecule has 8 heteroatoms. The van der Waals surface area contributed by atoms with Gasteiger partial charge in [-0.25, -0.2) is 0 Å². The van der Waals surface area contributed by atoms with E-state index in [0.717, 1.165) is 21.8 Å². The molecule has 112 valence electrons. The maximum absolute atomic E-state index is 12.3. The Morgan fingerprint density at radius 1 is 1.29 bits per heavy atom. The second-order valence-electron chi connectivity index (χ2n) is 4.18. The highest BCUT2D eigenvalue weighted by molar-refractivity contribution is 7.14. The Hall–Kier alpha value is -2.37. The highest BCUT2D eigenvalue weighted by Crippen LogP contribution is 2.22. The summed E-state index contributed by atoms with van der Waals surface area (Å²) in [5.41, 5.74) is 10.9. The van der Waals surface area contributed by atoms with Gasteiger partial charge in [0.25, 0.3) is 5.91 Å². The molecule has 0 bridgehead atoms. The topological polar surface area (TPSA) is 127 Å². The van der Waals surface area contributed by atoms with Gasteiger partial charge in [-0.2, -0.15) is 0 Å². The highest BCUT2D eigenvalue weighted by Gasteiger charge is 2.21. The Balaban J connectivity index is 3.03. The smallest absolute Gasteiger partial charge is 0.264 e. The Morgan fingerprint density at radius 2 is 1.86 bits per heavy atom. The molecule has 0 unspecified atom stereocenters. The second kappa shape index (κ2) is 7.42. The molecule has 0 aliphatic heterocycles. The molecule has 1 rings (SSSR count). The van der Waals surface area contributed by atoms with Crippen LogP contribution in [0.4, 0.5) is 0 Å². The maximum atomic E-state index is 12.3. The molecule has 0 radical (unpaired) electrons. The minimum atomic E-state index is -0.738. The first kappa shape index (κ1) is 16.7. The van der Waals surface area contributed by atoms with Crippen LogP contribution >= 0.6 is 11.3 Å². The number of carbonyl (C=O) groups excluding carboxylic acids is 3. The molecule has 0 aliphatic rings. The third kappa shape index (κ3) is 4.91. The van der Waals surface area contributed by atoms with Gasteiger partial charge >= 0.3 is 0 Å². The summed E-state index contributed by atoms with van der Waals surface area (Å²) in [4.78, 5) is 36.2. The van der Waals surface area contributed by atoms with Crippen LogP contribution in [-0.2, 0) is 9.59 Å². The van der Waals surface area contributed by atoms with Crippen molar-refractivity contribution in [3.8, 4) is 11.8 Å². The average Bonchev–Trinajstić information content (AvgIpc) is 2.75. The number of nitrogens with zero attached hydrogens (tertiary/aromatic N) is 1. The highest BCUT2D eigenvalue weighted by atomic mass is 32.1. The van der Waals surface area contributed by atoms with Crippen LogP contribution in [-0.4, -0.2) is 47.4 Å². The summed E-state index contributed by atoms with van der Waals surface area (Å²) < 4.78 is 0. The van der Waals surface area contributed by atoms with Crippen molar-refractivity contribution in [1.82, 2.24) is 4.90 Å². The van der Waals surface area contributed by atoms with Crippen molar-refractivity contribution < 1.29 is 19.5 Å². The van der Waals surface area contributed by atoms with E-state index in [0.29, 0.717) is 9.75 Å². The number of rotatable bonds is 5. The molecule has 1 aromatic rings. The van der Waals surface area contributed by atoms with Gasteiger partial charge in [-0.1, -0.05) is 11.8 Å². The molecular formula is C13H15N3O4S. The van der Waals surface area contributed by atoms with Crippen molar-refractivity contribution in [3.05, 3.63) is 21.4 Å². The van der Waals surface area contributed by atoms with Crippen LogP contribution in [0, 0.1) is 18.8 Å². The van der Waals surface area contributed by atoms with E-state index in [-0.39, 0.29) is 6.61 Å². The standard InChI is InChI=1S/C13H15N3O4S/c1-8-5-10(21-9(8)3-2-4-17)13(20)16(6-11(14)18)7-12(15)19/h5,17H,4,6-7H2,1H3,(H2,14,18)(H2,15,19). The fraction of sp³-hybridized carbons (Fsp3) is 0.308. The molecule has 0 spiro atoms. The van der Waals surface area contributed by atoms with Crippen LogP contribution in [0.2, 0.25) is 0 Å². The first-order valence-electron chi connectivity index (χ1n) is 5.91. The second-order valence-corrected chi connectivity index (χ2v) is 5.23. The summed E-state index contributed by atoms with van der Waals surface area (Å²) in [6.07, 6.45) is 0. The predicted molar refractivity (Wildman–Crippen MR) is 77.3 cm³/mol. The molecule has 0 aromatic carbocycles. The molecule has 5 N–H and O–H groups in total. The van der Waals surface area contributed by atoms with Crippen molar-refractivity contribution in [2.45, 2.75) is 6.92 Å². The van der Waals surface area contributed by atoms with Crippen LogP contribution in [0.25, 0.3) is 0 Å². The van der Waals surface area contributed by atoms with E-state index in [1.54, 1.807) is 13.0 Å². The lowest BCUT2D eigenvalue weighted by atomic mass is 10.2. The number of nitrogens with two attached hydrogens (primary N) is 2. The fourth-order valence-corrected chi connectivity index (χ4v) is 2.58. The van der Waals surface area contributed by atoms with Gasteiger partial charge < -0.3 is 21.5 Å². The van der Waals surface area contributed by atoms with Gasteiger partial charge in [0.2, 0.25) is 11.8 Å². The van der Waals surface area contributed by atoms with Gasteiger partial charge in [0.15, 0.2) is 0 Å². The Bertz CT molecular complexity index is 611. The van der Waals surface area contributed by atoms with E-state index >= 15 is 0 Å². The number of hydrogen-bond acceptors (Lipinski definition) is 5. The summed E-state index contributed by atoms with van der Waals surface area (Å²) in [7, 11) is 0. The number of thiophene rings is 1. The zero-order chi connectivity index (χ0) is 16.0. The average molecular weight is 309 g/mol. The van der Waals surface area contributed by atoms with Gasteiger partial charge in [-0.3, -0.25) is 14.4 Å². The molecule has 1 heterocycles. The van der Waals surface area contributed by atoms with Gasteiger partial charge in [0, 0.05) is 0 Å². The Labute approximate surface area is 125 Å². The van der Waals surface area contributed by atoms with Crippen molar-refractivity contribution in [2.75, 3.05) is 19.7 Å². The quantitative estimate of drug-likeness (QED) is 0.591. The third-order valence-electron chi connectivity index (χ3n) is 2.39. The fourth-order valence-electron chi connectivity index (χ4n) is 1.56. The van der Waals surface area contributed by atoms with Crippen LogP contribution in [0.15, 0.2) is 6.07 Å². The van der Waals surface area contributed by atoms with Crippen LogP contribution in [0.5, 0.6) is 0 Å². The number of aryl methyl sites for hydroxylation is 1. The minimum absolute atomic E-state index is 0.282. The largest absolute Gasteiger partial charge is 0.384 e. The predicted octanol–water partition coefficient (Wildman–Crippen LogP) is -1.19. The minimum Gasteiger partial charge on any atom is -0.384 e. The first-order valence-corrected chi connectivity index (χ1v) is 6.72. The van der Waals surface area contributed by atoms with Crippen molar-refractivity contribution in [1.29, 1.82) is 0 Å². The van der Waals surface area contributed by atoms with Gasteiger partial charge in [0.1, 0.15) is 19.7 Å². The van der Waals surface area contributed by atoms with E-state index in [9.17, 15) is 14.4 Å². The van der Waals surface area contributed by atoms with Gasteiger partial charge in [-0.05, 0) is 18.6 Å². The number of primary amides is 2.